The van der Waals surface area contributed by atoms with Gasteiger partial charge in [0.05, 0.1) is 17.2 Å². The summed E-state index contributed by atoms with van der Waals surface area (Å²) < 4.78 is 25.4. The van der Waals surface area contributed by atoms with Crippen molar-refractivity contribution in [2.75, 3.05) is 11.1 Å². The van der Waals surface area contributed by atoms with E-state index in [1.165, 1.54) is 0 Å². The quantitative estimate of drug-likeness (QED) is 0.201. The molecule has 3 rings (SSSR count). The van der Waals surface area contributed by atoms with Crippen molar-refractivity contribution in [2.24, 2.45) is 10.7 Å². The zero-order chi connectivity index (χ0) is 23.7. The molecule has 10 heteroatoms. The monoisotopic (exact) mass is 462 g/mol. The van der Waals surface area contributed by atoms with Gasteiger partial charge in [-0.15, -0.1) is 0 Å². The van der Waals surface area contributed by atoms with Crippen LogP contribution in [-0.4, -0.2) is 31.0 Å². The first kappa shape index (κ1) is 23.4. The highest BCUT2D eigenvalue weighted by Crippen LogP contribution is 2.15. The van der Waals surface area contributed by atoms with Gasteiger partial charge in [-0.2, -0.15) is 5.26 Å². The Hall–Kier alpha value is -4.23. The van der Waals surface area contributed by atoms with E-state index < -0.39 is 15.7 Å². The summed E-state index contributed by atoms with van der Waals surface area (Å²) in [5.41, 5.74) is 7.90. The largest absolute Gasteiger partial charge is 0.366 e. The van der Waals surface area contributed by atoms with Crippen LogP contribution in [-0.2, 0) is 22.8 Å². The number of sulfone groups is 1. The van der Waals surface area contributed by atoms with E-state index in [-0.39, 0.29) is 23.2 Å². The Labute approximate surface area is 191 Å². The molecule has 0 saturated carbocycles. The Bertz CT molecular complexity index is 1270. The van der Waals surface area contributed by atoms with Gasteiger partial charge in [0, 0.05) is 23.6 Å². The van der Waals surface area contributed by atoms with Crippen LogP contribution in [0.2, 0.25) is 0 Å². The number of aromatic nitrogens is 1. The molecule has 1 amide bonds. The number of pyridine rings is 1. The number of hydrogen-bond donors (Lipinski definition) is 3. The molecule has 0 radical (unpaired) electrons. The topological polar surface area (TPSA) is 150 Å². The smallest absolute Gasteiger partial charge is 0.248 e. The van der Waals surface area contributed by atoms with Crippen LogP contribution in [0.5, 0.6) is 0 Å². The summed E-state index contributed by atoms with van der Waals surface area (Å²) in [7, 11) is -3.48. The number of amides is 1. The van der Waals surface area contributed by atoms with Gasteiger partial charge in [-0.1, -0.05) is 24.3 Å². The molecule has 0 aliphatic heterocycles. The standard InChI is InChI=1S/C23H22N6O3S/c24-16-28-23(29-20-9-12-26-13-10-20)27-15-18-3-7-21(8-4-18)33(31,32)14-11-17-1-5-19(6-2-17)22(25)30/h1-10,12-13H,11,14-15H2,(H2,25,30)(H2,26,27,28,29). The SMILES string of the molecule is N#CNC(=NCc1ccc(S(=O)(=O)CCc2ccc(C(N)=O)cc2)cc1)Nc1ccncc1. The van der Waals surface area contributed by atoms with Crippen LogP contribution < -0.4 is 16.4 Å². The minimum atomic E-state index is -3.48. The number of carbonyl (C=O) groups is 1. The first-order valence-corrected chi connectivity index (χ1v) is 11.6. The summed E-state index contributed by atoms with van der Waals surface area (Å²) in [6.07, 6.45) is 5.37. The van der Waals surface area contributed by atoms with Crippen LogP contribution >= 0.6 is 0 Å². The summed E-state index contributed by atoms with van der Waals surface area (Å²) in [5.74, 6) is -0.322. The third kappa shape index (κ3) is 6.88. The van der Waals surface area contributed by atoms with Gasteiger partial charge in [-0.25, -0.2) is 13.4 Å². The second-order valence-corrected chi connectivity index (χ2v) is 9.15. The van der Waals surface area contributed by atoms with Gasteiger partial charge in [-0.3, -0.25) is 15.1 Å². The first-order valence-electron chi connectivity index (χ1n) is 9.94. The molecule has 0 saturated heterocycles. The minimum absolute atomic E-state index is 0.0630. The second kappa shape index (κ2) is 10.9. The summed E-state index contributed by atoms with van der Waals surface area (Å²) in [6.45, 7) is 0.245. The molecule has 0 aliphatic rings. The van der Waals surface area contributed by atoms with Gasteiger partial charge in [0.2, 0.25) is 11.9 Å². The van der Waals surface area contributed by atoms with E-state index in [1.807, 2.05) is 6.19 Å². The molecular weight excluding hydrogens is 440 g/mol. The predicted molar refractivity (Wildman–Crippen MR) is 125 cm³/mol. The Morgan fingerprint density at radius 2 is 1.64 bits per heavy atom. The average molecular weight is 463 g/mol. The number of nitriles is 1. The van der Waals surface area contributed by atoms with Crippen molar-refractivity contribution < 1.29 is 13.2 Å². The summed E-state index contributed by atoms with van der Waals surface area (Å²) in [6, 6.07) is 16.5. The van der Waals surface area contributed by atoms with E-state index in [0.29, 0.717) is 12.0 Å². The molecule has 168 valence electrons. The molecule has 0 aliphatic carbocycles. The number of benzene rings is 2. The van der Waals surface area contributed by atoms with Crippen LogP contribution in [0, 0.1) is 11.5 Å². The van der Waals surface area contributed by atoms with E-state index in [4.69, 9.17) is 11.0 Å². The molecular formula is C23H22N6O3S. The number of primary amides is 1. The van der Waals surface area contributed by atoms with Gasteiger partial charge in [0.15, 0.2) is 16.0 Å². The van der Waals surface area contributed by atoms with Crippen LogP contribution in [0.1, 0.15) is 21.5 Å². The van der Waals surface area contributed by atoms with Gasteiger partial charge in [0.1, 0.15) is 0 Å². The highest BCUT2D eigenvalue weighted by atomic mass is 32.2. The number of aryl methyl sites for hydroxylation is 1. The lowest BCUT2D eigenvalue weighted by molar-refractivity contribution is 0.1000. The van der Waals surface area contributed by atoms with Crippen molar-refractivity contribution in [3.8, 4) is 6.19 Å². The van der Waals surface area contributed by atoms with Crippen molar-refractivity contribution in [3.05, 3.63) is 89.7 Å². The Morgan fingerprint density at radius 3 is 2.24 bits per heavy atom. The Morgan fingerprint density at radius 1 is 1.00 bits per heavy atom. The van der Waals surface area contributed by atoms with E-state index in [2.05, 4.69) is 20.6 Å². The van der Waals surface area contributed by atoms with Crippen molar-refractivity contribution in [1.29, 1.82) is 5.26 Å². The van der Waals surface area contributed by atoms with E-state index in [9.17, 15) is 13.2 Å². The number of rotatable bonds is 8. The lowest BCUT2D eigenvalue weighted by Gasteiger charge is -2.08. The first-order chi connectivity index (χ1) is 15.9. The predicted octanol–water partition coefficient (Wildman–Crippen LogP) is 2.24. The molecule has 0 spiro atoms. The lowest BCUT2D eigenvalue weighted by atomic mass is 10.1. The third-order valence-corrected chi connectivity index (χ3v) is 6.45. The van der Waals surface area contributed by atoms with Gasteiger partial charge in [0.25, 0.3) is 0 Å². The molecule has 0 bridgehead atoms. The summed E-state index contributed by atoms with van der Waals surface area (Å²) in [5, 5.41) is 14.4. The van der Waals surface area contributed by atoms with Gasteiger partial charge >= 0.3 is 0 Å². The zero-order valence-electron chi connectivity index (χ0n) is 17.6. The molecule has 1 aromatic heterocycles. The van der Waals surface area contributed by atoms with E-state index in [0.717, 1.165) is 16.8 Å². The number of hydrogen-bond acceptors (Lipinski definition) is 6. The van der Waals surface area contributed by atoms with Crippen LogP contribution in [0.25, 0.3) is 0 Å². The molecule has 0 unspecified atom stereocenters. The number of nitrogens with two attached hydrogens (primary N) is 1. The fourth-order valence-electron chi connectivity index (χ4n) is 2.91. The maximum atomic E-state index is 12.7. The number of guanidine groups is 1. The second-order valence-electron chi connectivity index (χ2n) is 7.04. The maximum Gasteiger partial charge on any atom is 0.248 e. The Balaban J connectivity index is 1.62. The van der Waals surface area contributed by atoms with Crippen LogP contribution in [0.3, 0.4) is 0 Å². The molecule has 4 N–H and O–H groups in total. The lowest BCUT2D eigenvalue weighted by Crippen LogP contribution is -2.26. The number of nitrogens with zero attached hydrogens (tertiary/aromatic N) is 3. The number of anilines is 1. The highest BCUT2D eigenvalue weighted by Gasteiger charge is 2.14. The minimum Gasteiger partial charge on any atom is -0.366 e. The van der Waals surface area contributed by atoms with Gasteiger partial charge < -0.3 is 11.1 Å². The third-order valence-electron chi connectivity index (χ3n) is 4.72. The molecule has 33 heavy (non-hydrogen) atoms. The van der Waals surface area contributed by atoms with Crippen molar-refractivity contribution in [2.45, 2.75) is 17.9 Å². The van der Waals surface area contributed by atoms with Crippen molar-refractivity contribution >= 4 is 27.4 Å². The molecule has 3 aromatic rings. The fourth-order valence-corrected chi connectivity index (χ4v) is 4.20. The van der Waals surface area contributed by atoms with Crippen molar-refractivity contribution in [1.82, 2.24) is 10.3 Å². The highest BCUT2D eigenvalue weighted by molar-refractivity contribution is 7.91. The zero-order valence-corrected chi connectivity index (χ0v) is 18.4. The molecule has 2 aromatic carbocycles. The maximum absolute atomic E-state index is 12.7. The van der Waals surface area contributed by atoms with Crippen LogP contribution in [0.4, 0.5) is 5.69 Å². The Kier molecular flexibility index (Phi) is 7.73. The molecule has 1 heterocycles. The number of nitrogens with one attached hydrogen (secondary N) is 2. The van der Waals surface area contributed by atoms with E-state index >= 15 is 0 Å². The number of aliphatic imine (C=N–C) groups is 1. The average Bonchev–Trinajstić information content (AvgIpc) is 2.82. The van der Waals surface area contributed by atoms with Crippen molar-refractivity contribution in [3.63, 3.8) is 0 Å². The fraction of sp³-hybridized carbons (Fsp3) is 0.130. The normalized spacial score (nSPS) is 11.4. The van der Waals surface area contributed by atoms with E-state index in [1.54, 1.807) is 73.1 Å². The molecule has 0 atom stereocenters. The summed E-state index contributed by atoms with van der Waals surface area (Å²) >= 11 is 0. The van der Waals surface area contributed by atoms with Crippen LogP contribution in [0.15, 0.2) is 82.9 Å². The van der Waals surface area contributed by atoms with Gasteiger partial charge in [-0.05, 0) is 53.9 Å². The summed E-state index contributed by atoms with van der Waals surface area (Å²) in [4.78, 5) is 19.6. The molecule has 0 fully saturated rings. The molecule has 9 nitrogen and oxygen atoms in total. The number of carbonyl (C=O) groups excluding carboxylic acids is 1.